The van der Waals surface area contributed by atoms with Crippen LogP contribution in [0.4, 0.5) is 0 Å². The summed E-state index contributed by atoms with van der Waals surface area (Å²) in [6.07, 6.45) is 3.31. The quantitative estimate of drug-likeness (QED) is 0.737. The largest absolute Gasteiger partial charge is 0.340 e. The number of hydrogen-bond donors (Lipinski definition) is 1. The lowest BCUT2D eigenvalue weighted by atomic mass is 10.1. The van der Waals surface area contributed by atoms with E-state index in [2.05, 4.69) is 11.4 Å². The van der Waals surface area contributed by atoms with E-state index < -0.39 is 27.5 Å². The first-order valence-corrected chi connectivity index (χ1v) is 12.1. The second-order valence-corrected chi connectivity index (χ2v) is 10.9. The van der Waals surface area contributed by atoms with Crippen LogP contribution in [-0.4, -0.2) is 52.5 Å². The minimum absolute atomic E-state index is 0.00535. The maximum atomic E-state index is 12.8. The molecule has 1 N–H and O–H groups in total. The lowest BCUT2D eigenvalue weighted by Crippen LogP contribution is -2.46. The molecule has 2 unspecified atom stereocenters. The van der Waals surface area contributed by atoms with Gasteiger partial charge in [0.2, 0.25) is 15.9 Å². The van der Waals surface area contributed by atoms with Crippen LogP contribution >= 0.6 is 0 Å². The molecule has 2 aromatic rings. The van der Waals surface area contributed by atoms with E-state index in [9.17, 15) is 23.3 Å². The summed E-state index contributed by atoms with van der Waals surface area (Å²) in [7, 11) is -3.49. The zero-order chi connectivity index (χ0) is 22.6. The SMILES string of the molecule is CC(C)CS(=O)(=O)n1ccc2cc(C(=O)NC3CC(C)N(C4(C#N)CC4)C3=O)ccc21. The third kappa shape index (κ3) is 3.69. The molecule has 1 saturated carbocycles. The number of amides is 2. The van der Waals surface area contributed by atoms with Crippen molar-refractivity contribution in [3.8, 4) is 6.07 Å². The van der Waals surface area contributed by atoms with E-state index in [1.165, 1.54) is 10.2 Å². The summed E-state index contributed by atoms with van der Waals surface area (Å²) in [5.74, 6) is -0.586. The van der Waals surface area contributed by atoms with Crippen LogP contribution in [0.25, 0.3) is 10.9 Å². The number of hydrogen-bond acceptors (Lipinski definition) is 5. The summed E-state index contributed by atoms with van der Waals surface area (Å²) < 4.78 is 26.4. The molecule has 1 aromatic heterocycles. The number of nitrogens with zero attached hydrogens (tertiary/aromatic N) is 3. The van der Waals surface area contributed by atoms with E-state index >= 15 is 0 Å². The van der Waals surface area contributed by atoms with Crippen molar-refractivity contribution in [2.75, 3.05) is 5.75 Å². The molecule has 1 aliphatic heterocycles. The Bertz CT molecular complexity index is 1200. The van der Waals surface area contributed by atoms with Crippen molar-refractivity contribution in [3.63, 3.8) is 0 Å². The highest BCUT2D eigenvalue weighted by Crippen LogP contribution is 2.45. The van der Waals surface area contributed by atoms with Gasteiger partial charge in [-0.25, -0.2) is 12.4 Å². The van der Waals surface area contributed by atoms with E-state index in [-0.39, 0.29) is 23.6 Å². The number of nitrogens with one attached hydrogen (secondary N) is 1. The Kier molecular flexibility index (Phi) is 5.09. The molecule has 4 rings (SSSR count). The van der Waals surface area contributed by atoms with Gasteiger partial charge in [0, 0.05) is 23.2 Å². The van der Waals surface area contributed by atoms with Gasteiger partial charge in [-0.05, 0) is 56.4 Å². The Morgan fingerprint density at radius 2 is 2.03 bits per heavy atom. The van der Waals surface area contributed by atoms with Crippen LogP contribution in [0.5, 0.6) is 0 Å². The first-order chi connectivity index (χ1) is 14.6. The van der Waals surface area contributed by atoms with Gasteiger partial charge >= 0.3 is 0 Å². The standard InChI is InChI=1S/C22H26N4O4S/c1-14(2)12-31(29,30)25-9-6-16-11-17(4-5-19(16)25)20(27)24-18-10-15(3)26(21(18)28)22(13-23)7-8-22/h4-6,9,11,14-15,18H,7-8,10,12H2,1-3H3,(H,24,27). The molecule has 0 bridgehead atoms. The molecule has 164 valence electrons. The fourth-order valence-electron chi connectivity index (χ4n) is 4.45. The van der Waals surface area contributed by atoms with Crippen molar-refractivity contribution in [2.24, 2.45) is 5.92 Å². The van der Waals surface area contributed by atoms with Crippen LogP contribution in [0.2, 0.25) is 0 Å². The van der Waals surface area contributed by atoms with Crippen LogP contribution in [0.3, 0.4) is 0 Å². The molecule has 0 radical (unpaired) electrons. The molecular weight excluding hydrogens is 416 g/mol. The maximum absolute atomic E-state index is 12.8. The Morgan fingerprint density at radius 1 is 1.32 bits per heavy atom. The van der Waals surface area contributed by atoms with Gasteiger partial charge in [-0.1, -0.05) is 13.8 Å². The average molecular weight is 443 g/mol. The minimum atomic E-state index is -3.49. The van der Waals surface area contributed by atoms with Crippen molar-refractivity contribution < 1.29 is 18.0 Å². The number of carbonyl (C=O) groups is 2. The highest BCUT2D eigenvalue weighted by Gasteiger charge is 2.56. The normalized spacial score (nSPS) is 22.7. The summed E-state index contributed by atoms with van der Waals surface area (Å²) in [5.41, 5.74) is 0.157. The molecule has 1 aliphatic carbocycles. The van der Waals surface area contributed by atoms with Crippen LogP contribution in [0.15, 0.2) is 30.5 Å². The van der Waals surface area contributed by atoms with Crippen LogP contribution in [0.1, 0.15) is 50.4 Å². The Hall–Kier alpha value is -2.86. The van der Waals surface area contributed by atoms with Crippen LogP contribution in [-0.2, 0) is 14.8 Å². The number of carbonyl (C=O) groups excluding carboxylic acids is 2. The van der Waals surface area contributed by atoms with Gasteiger partial charge in [0.15, 0.2) is 0 Å². The monoisotopic (exact) mass is 442 g/mol. The van der Waals surface area contributed by atoms with E-state index in [4.69, 9.17) is 0 Å². The average Bonchev–Trinajstić information content (AvgIpc) is 3.25. The molecule has 2 amide bonds. The van der Waals surface area contributed by atoms with E-state index in [0.29, 0.717) is 35.7 Å². The smallest absolute Gasteiger partial charge is 0.251 e. The molecule has 8 nitrogen and oxygen atoms in total. The number of aromatic nitrogens is 1. The molecule has 1 saturated heterocycles. The van der Waals surface area contributed by atoms with Gasteiger partial charge in [-0.2, -0.15) is 5.26 Å². The van der Waals surface area contributed by atoms with Crippen molar-refractivity contribution in [1.82, 2.24) is 14.2 Å². The van der Waals surface area contributed by atoms with Crippen molar-refractivity contribution in [1.29, 1.82) is 5.26 Å². The number of rotatable bonds is 6. The first kappa shape index (κ1) is 21.4. The lowest BCUT2D eigenvalue weighted by Gasteiger charge is -2.26. The molecule has 2 atom stereocenters. The van der Waals surface area contributed by atoms with Crippen molar-refractivity contribution in [3.05, 3.63) is 36.0 Å². The van der Waals surface area contributed by atoms with Crippen LogP contribution in [0, 0.1) is 17.2 Å². The Balaban J connectivity index is 1.53. The molecule has 2 heterocycles. The fraction of sp³-hybridized carbons (Fsp3) is 0.500. The number of nitriles is 1. The molecular formula is C22H26N4O4S. The van der Waals surface area contributed by atoms with Crippen molar-refractivity contribution >= 4 is 32.7 Å². The first-order valence-electron chi connectivity index (χ1n) is 10.5. The predicted molar refractivity (Wildman–Crippen MR) is 116 cm³/mol. The zero-order valence-corrected chi connectivity index (χ0v) is 18.6. The topological polar surface area (TPSA) is 112 Å². The molecule has 9 heteroatoms. The maximum Gasteiger partial charge on any atom is 0.251 e. The molecule has 2 fully saturated rings. The number of benzene rings is 1. The van der Waals surface area contributed by atoms with E-state index in [1.54, 1.807) is 29.2 Å². The zero-order valence-electron chi connectivity index (χ0n) is 17.8. The summed E-state index contributed by atoms with van der Waals surface area (Å²) in [5, 5.41) is 12.9. The van der Waals surface area contributed by atoms with Crippen molar-refractivity contribution in [2.45, 2.75) is 57.7 Å². The van der Waals surface area contributed by atoms with Gasteiger partial charge in [-0.3, -0.25) is 9.59 Å². The third-order valence-electron chi connectivity index (χ3n) is 6.01. The number of fused-ring (bicyclic) bond motifs is 1. The second kappa shape index (κ2) is 7.38. The summed E-state index contributed by atoms with van der Waals surface area (Å²) >= 11 is 0. The highest BCUT2D eigenvalue weighted by atomic mass is 32.2. The predicted octanol–water partition coefficient (Wildman–Crippen LogP) is 2.25. The van der Waals surface area contributed by atoms with Gasteiger partial charge in [-0.15, -0.1) is 0 Å². The van der Waals surface area contributed by atoms with Crippen LogP contribution < -0.4 is 5.32 Å². The molecule has 0 spiro atoms. The second-order valence-electron chi connectivity index (χ2n) is 9.02. The Labute approximate surface area is 181 Å². The van der Waals surface area contributed by atoms with Gasteiger partial charge in [0.05, 0.1) is 17.3 Å². The molecule has 2 aliphatic rings. The minimum Gasteiger partial charge on any atom is -0.340 e. The summed E-state index contributed by atoms with van der Waals surface area (Å²) in [6, 6.07) is 7.95. The van der Waals surface area contributed by atoms with E-state index in [1.807, 2.05) is 20.8 Å². The Morgan fingerprint density at radius 3 is 2.65 bits per heavy atom. The highest BCUT2D eigenvalue weighted by molar-refractivity contribution is 7.90. The lowest BCUT2D eigenvalue weighted by molar-refractivity contribution is -0.132. The van der Waals surface area contributed by atoms with Gasteiger partial charge in [0.1, 0.15) is 11.6 Å². The van der Waals surface area contributed by atoms with Gasteiger partial charge in [0.25, 0.3) is 5.91 Å². The summed E-state index contributed by atoms with van der Waals surface area (Å²) in [6.45, 7) is 5.59. The third-order valence-corrected chi connectivity index (χ3v) is 8.02. The molecule has 1 aromatic carbocycles. The van der Waals surface area contributed by atoms with E-state index in [0.717, 1.165) is 0 Å². The van der Waals surface area contributed by atoms with Gasteiger partial charge < -0.3 is 10.2 Å². The molecule has 31 heavy (non-hydrogen) atoms. The fourth-order valence-corrected chi connectivity index (χ4v) is 6.17. The number of likely N-dealkylation sites (tertiary alicyclic amines) is 1. The summed E-state index contributed by atoms with van der Waals surface area (Å²) in [4.78, 5) is 27.3.